The summed E-state index contributed by atoms with van der Waals surface area (Å²) in [5.74, 6) is -0.399. The molecule has 4 rings (SSSR count). The first kappa shape index (κ1) is 21.8. The van der Waals surface area contributed by atoms with Crippen molar-refractivity contribution >= 4 is 28.5 Å². The second-order valence-corrected chi connectivity index (χ2v) is 8.46. The molecule has 7 heteroatoms. The summed E-state index contributed by atoms with van der Waals surface area (Å²) in [5.41, 5.74) is 2.76. The Morgan fingerprint density at radius 2 is 1.81 bits per heavy atom. The van der Waals surface area contributed by atoms with Gasteiger partial charge in [0.2, 0.25) is 0 Å². The van der Waals surface area contributed by atoms with Crippen LogP contribution in [0.2, 0.25) is 0 Å². The summed E-state index contributed by atoms with van der Waals surface area (Å²) in [6.45, 7) is 4.76. The van der Waals surface area contributed by atoms with Crippen molar-refractivity contribution in [3.63, 3.8) is 0 Å². The van der Waals surface area contributed by atoms with Gasteiger partial charge in [0.15, 0.2) is 5.13 Å². The molecule has 1 amide bonds. The Labute approximate surface area is 191 Å². The molecule has 2 heterocycles. The van der Waals surface area contributed by atoms with Gasteiger partial charge >= 0.3 is 0 Å². The van der Waals surface area contributed by atoms with E-state index in [1.54, 1.807) is 6.08 Å². The van der Waals surface area contributed by atoms with E-state index in [-0.39, 0.29) is 11.6 Å². The molecule has 162 valence electrons. The van der Waals surface area contributed by atoms with E-state index in [9.17, 15) is 10.1 Å². The fourth-order valence-electron chi connectivity index (χ4n) is 3.49. The normalized spacial score (nSPS) is 15.1. The van der Waals surface area contributed by atoms with E-state index in [4.69, 9.17) is 9.72 Å². The molecule has 1 aliphatic heterocycles. The highest BCUT2D eigenvalue weighted by Gasteiger charge is 2.21. The average molecular weight is 445 g/mol. The predicted molar refractivity (Wildman–Crippen MR) is 127 cm³/mol. The number of nitriles is 1. The molecule has 6 nitrogen and oxygen atoms in total. The van der Waals surface area contributed by atoms with Gasteiger partial charge in [-0.25, -0.2) is 4.98 Å². The molecule has 1 N–H and O–H groups in total. The number of hydrogen-bond donors (Lipinski definition) is 1. The Balaban J connectivity index is 1.64. The van der Waals surface area contributed by atoms with Crippen LogP contribution < -0.4 is 10.2 Å². The average Bonchev–Trinajstić information content (AvgIpc) is 3.28. The van der Waals surface area contributed by atoms with Crippen molar-refractivity contribution < 1.29 is 9.53 Å². The number of ether oxygens (including phenoxy) is 1. The minimum atomic E-state index is -0.399. The highest BCUT2D eigenvalue weighted by Crippen LogP contribution is 2.35. The topological polar surface area (TPSA) is 78.2 Å². The number of carbonyl (C=O) groups excluding carboxylic acids is 1. The van der Waals surface area contributed by atoms with Crippen LogP contribution in [0.3, 0.4) is 0 Å². The number of aromatic nitrogens is 1. The van der Waals surface area contributed by atoms with Crippen LogP contribution in [0.15, 0.2) is 66.2 Å². The molecule has 0 saturated carbocycles. The van der Waals surface area contributed by atoms with E-state index in [0.29, 0.717) is 13.2 Å². The molecule has 0 radical (unpaired) electrons. The highest BCUT2D eigenvalue weighted by molar-refractivity contribution is 7.17. The lowest BCUT2D eigenvalue weighted by molar-refractivity contribution is -0.117. The highest BCUT2D eigenvalue weighted by atomic mass is 32.1. The van der Waals surface area contributed by atoms with E-state index >= 15 is 0 Å². The van der Waals surface area contributed by atoms with Gasteiger partial charge in [0, 0.05) is 18.7 Å². The number of carbonyl (C=O) groups is 1. The van der Waals surface area contributed by atoms with Crippen LogP contribution in [0.4, 0.5) is 5.13 Å². The number of morpholine rings is 1. The third kappa shape index (κ3) is 5.05. The third-order valence-electron chi connectivity index (χ3n) is 5.26. The first-order valence-electron chi connectivity index (χ1n) is 10.5. The zero-order valence-corrected chi connectivity index (χ0v) is 18.6. The fourth-order valence-corrected chi connectivity index (χ4v) is 4.57. The molecule has 0 bridgehead atoms. The largest absolute Gasteiger partial charge is 0.378 e. The van der Waals surface area contributed by atoms with Gasteiger partial charge in [-0.15, -0.1) is 0 Å². The molecular weight excluding hydrogens is 420 g/mol. The maximum absolute atomic E-state index is 12.9. The van der Waals surface area contributed by atoms with Gasteiger partial charge in [0.1, 0.15) is 11.6 Å². The van der Waals surface area contributed by atoms with Crippen LogP contribution in [-0.4, -0.2) is 37.2 Å². The minimum Gasteiger partial charge on any atom is -0.378 e. The maximum atomic E-state index is 12.9. The minimum absolute atomic E-state index is 0.0575. The van der Waals surface area contributed by atoms with E-state index in [1.165, 1.54) is 11.3 Å². The number of thiazole rings is 1. The van der Waals surface area contributed by atoms with Crippen molar-refractivity contribution in [3.05, 3.63) is 76.7 Å². The fraction of sp³-hybridized carbons (Fsp3) is 0.240. The molecule has 1 saturated heterocycles. The quantitative estimate of drug-likeness (QED) is 0.449. The Morgan fingerprint density at radius 1 is 1.16 bits per heavy atom. The molecular formula is C25H24N4O2S. The Morgan fingerprint density at radius 3 is 2.47 bits per heavy atom. The van der Waals surface area contributed by atoms with Gasteiger partial charge in [0.25, 0.3) is 5.91 Å². The van der Waals surface area contributed by atoms with E-state index in [0.717, 1.165) is 39.9 Å². The summed E-state index contributed by atoms with van der Waals surface area (Å²) in [7, 11) is 0. The van der Waals surface area contributed by atoms with Gasteiger partial charge in [-0.1, -0.05) is 72.0 Å². The number of nitrogens with zero attached hydrogens (tertiary/aromatic N) is 3. The van der Waals surface area contributed by atoms with Crippen LogP contribution in [-0.2, 0) is 9.53 Å². The van der Waals surface area contributed by atoms with Crippen molar-refractivity contribution in [1.29, 1.82) is 5.26 Å². The summed E-state index contributed by atoms with van der Waals surface area (Å²) in [5, 5.41) is 13.5. The van der Waals surface area contributed by atoms with Crippen LogP contribution in [0.5, 0.6) is 0 Å². The lowest BCUT2D eigenvalue weighted by Crippen LogP contribution is -2.36. The molecule has 0 aliphatic carbocycles. The van der Waals surface area contributed by atoms with Gasteiger partial charge in [-0.05, 0) is 18.6 Å². The summed E-state index contributed by atoms with van der Waals surface area (Å²) < 4.78 is 5.46. The van der Waals surface area contributed by atoms with Crippen LogP contribution in [0, 0.1) is 11.3 Å². The number of hydrogen-bond acceptors (Lipinski definition) is 6. The van der Waals surface area contributed by atoms with Crippen LogP contribution >= 0.6 is 11.3 Å². The molecule has 1 atom stereocenters. The maximum Gasteiger partial charge on any atom is 0.262 e. The number of amides is 1. The number of anilines is 1. The monoisotopic (exact) mass is 444 g/mol. The van der Waals surface area contributed by atoms with Crippen molar-refractivity contribution in [3.8, 4) is 17.3 Å². The van der Waals surface area contributed by atoms with Crippen LogP contribution in [0.1, 0.15) is 23.4 Å². The Kier molecular flexibility index (Phi) is 6.95. The number of rotatable bonds is 6. The van der Waals surface area contributed by atoms with Gasteiger partial charge in [-0.3, -0.25) is 4.79 Å². The summed E-state index contributed by atoms with van der Waals surface area (Å²) >= 11 is 1.49. The standard InChI is InChI=1S/C25H24N4O2S/c1-18(19-8-4-2-5-9-19)27-24(30)21(17-26)16-22-23(20-10-6-3-7-11-20)28-25(32-22)29-12-14-31-15-13-29/h2-11,16,18H,12-15H2,1H3,(H,27,30)/b21-16-. The van der Waals surface area contributed by atoms with Gasteiger partial charge in [0.05, 0.1) is 29.8 Å². The summed E-state index contributed by atoms with van der Waals surface area (Å²) in [4.78, 5) is 20.7. The van der Waals surface area contributed by atoms with Crippen molar-refractivity contribution in [2.45, 2.75) is 13.0 Å². The molecule has 1 aliphatic rings. The summed E-state index contributed by atoms with van der Waals surface area (Å²) in [6.07, 6.45) is 1.65. The van der Waals surface area contributed by atoms with Crippen molar-refractivity contribution in [1.82, 2.24) is 10.3 Å². The molecule has 1 fully saturated rings. The molecule has 3 aromatic rings. The molecule has 32 heavy (non-hydrogen) atoms. The van der Waals surface area contributed by atoms with Crippen molar-refractivity contribution in [2.75, 3.05) is 31.2 Å². The first-order chi connectivity index (χ1) is 15.7. The smallest absolute Gasteiger partial charge is 0.262 e. The van der Waals surface area contributed by atoms with Gasteiger partial charge < -0.3 is 15.0 Å². The van der Waals surface area contributed by atoms with Crippen molar-refractivity contribution in [2.24, 2.45) is 0 Å². The lowest BCUT2D eigenvalue weighted by atomic mass is 10.1. The van der Waals surface area contributed by atoms with E-state index in [2.05, 4.69) is 16.3 Å². The Hall–Kier alpha value is -3.47. The SMILES string of the molecule is CC(NC(=O)/C(C#N)=C\c1sc(N2CCOCC2)nc1-c1ccccc1)c1ccccc1. The van der Waals surface area contributed by atoms with Crippen LogP contribution in [0.25, 0.3) is 17.3 Å². The van der Waals surface area contributed by atoms with Gasteiger partial charge in [-0.2, -0.15) is 5.26 Å². The first-order valence-corrected chi connectivity index (χ1v) is 11.3. The zero-order valence-electron chi connectivity index (χ0n) is 17.8. The van der Waals surface area contributed by atoms with E-state index in [1.807, 2.05) is 67.6 Å². The molecule has 1 aromatic heterocycles. The lowest BCUT2D eigenvalue weighted by Gasteiger charge is -2.26. The third-order valence-corrected chi connectivity index (χ3v) is 6.32. The molecule has 2 aromatic carbocycles. The molecule has 1 unspecified atom stereocenters. The predicted octanol–water partition coefficient (Wildman–Crippen LogP) is 4.43. The summed E-state index contributed by atoms with van der Waals surface area (Å²) in [6, 6.07) is 21.4. The second-order valence-electron chi connectivity index (χ2n) is 7.45. The Bertz CT molecular complexity index is 1130. The molecule has 0 spiro atoms. The number of benzene rings is 2. The van der Waals surface area contributed by atoms with E-state index < -0.39 is 5.91 Å². The second kappa shape index (κ2) is 10.2. The number of nitrogens with one attached hydrogen (secondary N) is 1. The zero-order chi connectivity index (χ0) is 22.3.